The minimum Gasteiger partial charge on any atom is -0.459 e. The minimum absolute atomic E-state index is 0.785. The van der Waals surface area contributed by atoms with Crippen LogP contribution in [0.2, 0.25) is 0 Å². The molecule has 0 bridgehead atoms. The fourth-order valence-corrected chi connectivity index (χ4v) is 2.25. The van der Waals surface area contributed by atoms with Crippen molar-refractivity contribution in [3.05, 3.63) is 22.9 Å². The van der Waals surface area contributed by atoms with Crippen LogP contribution in [0.4, 0.5) is 0 Å². The van der Waals surface area contributed by atoms with E-state index in [2.05, 4.69) is 29.4 Å². The first-order valence-electron chi connectivity index (χ1n) is 5.95. The van der Waals surface area contributed by atoms with Crippen LogP contribution in [0.3, 0.4) is 0 Å². The first-order valence-corrected chi connectivity index (χ1v) is 6.77. The third kappa shape index (κ3) is 3.14. The number of rotatable bonds is 6. The normalized spacial score (nSPS) is 10.9. The Hall–Kier alpha value is -1.20. The third-order valence-electron chi connectivity index (χ3n) is 2.39. The van der Waals surface area contributed by atoms with Gasteiger partial charge in [0.1, 0.15) is 10.8 Å². The highest BCUT2D eigenvalue weighted by Gasteiger charge is 2.10. The second-order valence-electron chi connectivity index (χ2n) is 3.80. The Morgan fingerprint density at radius 2 is 2.18 bits per heavy atom. The summed E-state index contributed by atoms with van der Waals surface area (Å²) in [5.41, 5.74) is 0. The van der Waals surface area contributed by atoms with E-state index in [1.165, 1.54) is 0 Å². The van der Waals surface area contributed by atoms with Crippen LogP contribution in [0, 0.1) is 0 Å². The van der Waals surface area contributed by atoms with E-state index in [1.54, 1.807) is 11.3 Å². The molecular formula is C12H17N3OS. The summed E-state index contributed by atoms with van der Waals surface area (Å²) in [6.07, 6.45) is 2.04. The Bertz CT molecular complexity index is 464. The lowest BCUT2D eigenvalue weighted by Crippen LogP contribution is -2.13. The van der Waals surface area contributed by atoms with Crippen molar-refractivity contribution >= 4 is 11.3 Å². The third-order valence-corrected chi connectivity index (χ3v) is 3.33. The Kier molecular flexibility index (Phi) is 4.28. The summed E-state index contributed by atoms with van der Waals surface area (Å²) in [6, 6.07) is 3.95. The van der Waals surface area contributed by atoms with Crippen LogP contribution in [-0.4, -0.2) is 16.7 Å². The van der Waals surface area contributed by atoms with Gasteiger partial charge in [-0.2, -0.15) is 0 Å². The van der Waals surface area contributed by atoms with Crippen molar-refractivity contribution in [1.82, 2.24) is 15.5 Å². The summed E-state index contributed by atoms with van der Waals surface area (Å²) < 4.78 is 5.65. The Labute approximate surface area is 105 Å². The zero-order chi connectivity index (χ0) is 12.1. The van der Waals surface area contributed by atoms with Gasteiger partial charge in [0.25, 0.3) is 0 Å². The van der Waals surface area contributed by atoms with Gasteiger partial charge in [-0.25, -0.2) is 0 Å². The highest BCUT2D eigenvalue weighted by Crippen LogP contribution is 2.25. The molecule has 2 aromatic heterocycles. The summed E-state index contributed by atoms with van der Waals surface area (Å²) in [4.78, 5) is 0. The highest BCUT2D eigenvalue weighted by atomic mass is 32.1. The van der Waals surface area contributed by atoms with E-state index in [4.69, 9.17) is 4.42 Å². The van der Waals surface area contributed by atoms with Gasteiger partial charge in [-0.3, -0.25) is 0 Å². The highest BCUT2D eigenvalue weighted by molar-refractivity contribution is 7.14. The topological polar surface area (TPSA) is 51.0 Å². The van der Waals surface area contributed by atoms with Gasteiger partial charge in [0.15, 0.2) is 10.8 Å². The lowest BCUT2D eigenvalue weighted by atomic mass is 10.4. The maximum atomic E-state index is 5.65. The average molecular weight is 251 g/mol. The molecule has 2 heterocycles. The van der Waals surface area contributed by atoms with Crippen LogP contribution in [0.1, 0.15) is 31.0 Å². The molecule has 17 heavy (non-hydrogen) atoms. The number of furan rings is 1. The van der Waals surface area contributed by atoms with Gasteiger partial charge in [0.05, 0.1) is 0 Å². The van der Waals surface area contributed by atoms with E-state index in [1.807, 2.05) is 12.1 Å². The Balaban J connectivity index is 2.02. The standard InChI is InChI=1S/C12H17N3OS/c1-3-7-13-8-11-14-15-12(17-11)10-6-5-9(4-2)16-10/h5-6,13H,3-4,7-8H2,1-2H3. The van der Waals surface area contributed by atoms with Crippen molar-refractivity contribution in [1.29, 1.82) is 0 Å². The van der Waals surface area contributed by atoms with Crippen molar-refractivity contribution in [2.24, 2.45) is 0 Å². The number of hydrogen-bond acceptors (Lipinski definition) is 5. The summed E-state index contributed by atoms with van der Waals surface area (Å²) in [5, 5.41) is 13.5. The minimum atomic E-state index is 0.785. The monoisotopic (exact) mass is 251 g/mol. The van der Waals surface area contributed by atoms with Crippen LogP contribution in [0.15, 0.2) is 16.5 Å². The maximum Gasteiger partial charge on any atom is 0.183 e. The predicted molar refractivity (Wildman–Crippen MR) is 69.0 cm³/mol. The molecular weight excluding hydrogens is 234 g/mol. The number of nitrogens with zero attached hydrogens (tertiary/aromatic N) is 2. The largest absolute Gasteiger partial charge is 0.459 e. The zero-order valence-electron chi connectivity index (χ0n) is 10.2. The summed E-state index contributed by atoms with van der Waals surface area (Å²) in [7, 11) is 0. The van der Waals surface area contributed by atoms with Gasteiger partial charge in [-0.05, 0) is 25.1 Å². The van der Waals surface area contributed by atoms with Gasteiger partial charge in [-0.1, -0.05) is 25.2 Å². The molecule has 92 valence electrons. The molecule has 0 radical (unpaired) electrons. The first-order chi connectivity index (χ1) is 8.33. The Morgan fingerprint density at radius 1 is 1.29 bits per heavy atom. The van der Waals surface area contributed by atoms with E-state index < -0.39 is 0 Å². The fraction of sp³-hybridized carbons (Fsp3) is 0.500. The SMILES string of the molecule is CCCNCc1nnc(-c2ccc(CC)o2)s1. The predicted octanol–water partition coefficient (Wildman–Crippen LogP) is 2.86. The molecule has 1 N–H and O–H groups in total. The van der Waals surface area contributed by atoms with Crippen LogP contribution in [-0.2, 0) is 13.0 Å². The van der Waals surface area contributed by atoms with Crippen molar-refractivity contribution in [2.45, 2.75) is 33.2 Å². The average Bonchev–Trinajstić information content (AvgIpc) is 2.97. The van der Waals surface area contributed by atoms with Crippen molar-refractivity contribution in [2.75, 3.05) is 6.54 Å². The molecule has 0 spiro atoms. The van der Waals surface area contributed by atoms with E-state index >= 15 is 0 Å². The van der Waals surface area contributed by atoms with Gasteiger partial charge >= 0.3 is 0 Å². The van der Waals surface area contributed by atoms with E-state index in [9.17, 15) is 0 Å². The molecule has 0 aliphatic rings. The van der Waals surface area contributed by atoms with Crippen molar-refractivity contribution in [3.63, 3.8) is 0 Å². The molecule has 5 heteroatoms. The number of nitrogens with one attached hydrogen (secondary N) is 1. The first kappa shape index (κ1) is 12.3. The van der Waals surface area contributed by atoms with Crippen molar-refractivity contribution in [3.8, 4) is 10.8 Å². The summed E-state index contributed by atoms with van der Waals surface area (Å²) in [6.45, 7) is 6.01. The molecule has 2 aromatic rings. The zero-order valence-corrected chi connectivity index (χ0v) is 11.0. The number of aromatic nitrogens is 2. The lowest BCUT2D eigenvalue weighted by molar-refractivity contribution is 0.528. The molecule has 0 aromatic carbocycles. The van der Waals surface area contributed by atoms with Crippen LogP contribution in [0.5, 0.6) is 0 Å². The molecule has 0 saturated heterocycles. The molecule has 0 atom stereocenters. The second kappa shape index (κ2) is 5.93. The molecule has 0 fully saturated rings. The summed E-state index contributed by atoms with van der Waals surface area (Å²) in [5.74, 6) is 1.81. The molecule has 0 aliphatic carbocycles. The van der Waals surface area contributed by atoms with Crippen LogP contribution in [0.25, 0.3) is 10.8 Å². The molecule has 4 nitrogen and oxygen atoms in total. The molecule has 0 aliphatic heterocycles. The molecule has 0 saturated carbocycles. The quantitative estimate of drug-likeness (QED) is 0.802. The second-order valence-corrected chi connectivity index (χ2v) is 4.86. The number of aryl methyl sites for hydroxylation is 1. The summed E-state index contributed by atoms with van der Waals surface area (Å²) >= 11 is 1.58. The fourth-order valence-electron chi connectivity index (χ4n) is 1.48. The van der Waals surface area contributed by atoms with E-state index in [0.29, 0.717) is 0 Å². The smallest absolute Gasteiger partial charge is 0.183 e. The molecule has 0 amide bonds. The van der Waals surface area contributed by atoms with Crippen LogP contribution < -0.4 is 5.32 Å². The van der Waals surface area contributed by atoms with Gasteiger partial charge in [0.2, 0.25) is 0 Å². The van der Waals surface area contributed by atoms with E-state index in [0.717, 1.165) is 47.5 Å². The lowest BCUT2D eigenvalue weighted by Gasteiger charge is -1.96. The van der Waals surface area contributed by atoms with E-state index in [-0.39, 0.29) is 0 Å². The Morgan fingerprint density at radius 3 is 2.88 bits per heavy atom. The molecule has 2 rings (SSSR count). The van der Waals surface area contributed by atoms with Gasteiger partial charge in [0, 0.05) is 13.0 Å². The molecule has 0 unspecified atom stereocenters. The van der Waals surface area contributed by atoms with Gasteiger partial charge in [-0.15, -0.1) is 10.2 Å². The maximum absolute atomic E-state index is 5.65. The van der Waals surface area contributed by atoms with Crippen LogP contribution >= 0.6 is 11.3 Å². The number of hydrogen-bond donors (Lipinski definition) is 1. The van der Waals surface area contributed by atoms with Gasteiger partial charge < -0.3 is 9.73 Å². The van der Waals surface area contributed by atoms with Crippen molar-refractivity contribution < 1.29 is 4.42 Å².